The number of anilines is 3. The van der Waals surface area contributed by atoms with E-state index in [2.05, 4.69) is 34.0 Å². The number of aliphatic hydroxyl groups excluding tert-OH is 1. The largest absolute Gasteiger partial charge is 0.392 e. The minimum atomic E-state index is -0.351. The molecule has 11 heteroatoms. The van der Waals surface area contributed by atoms with Crippen molar-refractivity contribution >= 4 is 22.7 Å². The Morgan fingerprint density at radius 1 is 1.09 bits per heavy atom. The maximum atomic E-state index is 13.7. The van der Waals surface area contributed by atoms with Crippen molar-refractivity contribution in [3.8, 4) is 16.9 Å². The highest BCUT2D eigenvalue weighted by molar-refractivity contribution is 5.73. The van der Waals surface area contributed by atoms with E-state index in [4.69, 9.17) is 4.74 Å². The Morgan fingerprint density at radius 2 is 1.91 bits per heavy atom. The number of aliphatic hydroxyl groups is 1. The summed E-state index contributed by atoms with van der Waals surface area (Å²) in [6.45, 7) is 5.52. The van der Waals surface area contributed by atoms with Gasteiger partial charge in [-0.15, -0.1) is 0 Å². The van der Waals surface area contributed by atoms with Gasteiger partial charge in [0.05, 0.1) is 37.7 Å². The summed E-state index contributed by atoms with van der Waals surface area (Å²) in [5.74, 6) is 0.877. The summed E-state index contributed by atoms with van der Waals surface area (Å²) >= 11 is 0. The summed E-state index contributed by atoms with van der Waals surface area (Å²) < 4.78 is 10.3. The van der Waals surface area contributed by atoms with Gasteiger partial charge in [0.1, 0.15) is 22.8 Å². The van der Waals surface area contributed by atoms with E-state index in [-0.39, 0.29) is 23.1 Å². The maximum Gasteiger partial charge on any atom is 0.280 e. The van der Waals surface area contributed by atoms with E-state index in [9.17, 15) is 14.7 Å². The number of ether oxygens (including phenoxy) is 1. The van der Waals surface area contributed by atoms with Crippen molar-refractivity contribution in [1.29, 1.82) is 0 Å². The molecule has 0 atom stereocenters. The zero-order chi connectivity index (χ0) is 30.7. The fourth-order valence-corrected chi connectivity index (χ4v) is 6.36. The van der Waals surface area contributed by atoms with Gasteiger partial charge in [-0.05, 0) is 59.7 Å². The average Bonchev–Trinajstić information content (AvgIpc) is 3.46. The van der Waals surface area contributed by atoms with Crippen LogP contribution in [0.1, 0.15) is 30.7 Å². The molecule has 0 aromatic carbocycles. The summed E-state index contributed by atoms with van der Waals surface area (Å²) in [7, 11) is 3.69. The molecule has 1 aliphatic carbocycles. The zero-order valence-corrected chi connectivity index (χ0v) is 25.2. The molecular formula is C33H35N7O4. The number of fused-ring (bicyclic) bond motifs is 3. The van der Waals surface area contributed by atoms with Crippen LogP contribution in [0.15, 0.2) is 70.9 Å². The molecule has 0 saturated carbocycles. The van der Waals surface area contributed by atoms with Gasteiger partial charge in [0.2, 0.25) is 0 Å². The maximum absolute atomic E-state index is 13.7. The average molecular weight is 594 g/mol. The molecule has 0 radical (unpaired) electrons. The molecule has 6 heterocycles. The summed E-state index contributed by atoms with van der Waals surface area (Å²) in [4.78, 5) is 38.0. The number of aryl methyl sites for hydroxylation is 1. The highest BCUT2D eigenvalue weighted by atomic mass is 16.5. The lowest BCUT2D eigenvalue weighted by Crippen LogP contribution is -2.47. The lowest BCUT2D eigenvalue weighted by molar-refractivity contribution is 0.0101. The predicted molar refractivity (Wildman–Crippen MR) is 169 cm³/mol. The van der Waals surface area contributed by atoms with Crippen molar-refractivity contribution in [2.45, 2.75) is 39.3 Å². The molecule has 44 heavy (non-hydrogen) atoms. The number of likely N-dealkylation sites (N-methyl/N-ethyl adjacent to an activating group) is 1. The fourth-order valence-electron chi connectivity index (χ4n) is 6.36. The predicted octanol–water partition coefficient (Wildman–Crippen LogP) is 3.44. The van der Waals surface area contributed by atoms with E-state index in [0.29, 0.717) is 58.8 Å². The normalized spacial score (nSPS) is 15.8. The van der Waals surface area contributed by atoms with Crippen LogP contribution in [0.25, 0.3) is 22.5 Å². The van der Waals surface area contributed by atoms with Crippen molar-refractivity contribution in [2.24, 2.45) is 12.5 Å². The molecule has 2 aliphatic rings. The lowest BCUT2D eigenvalue weighted by Gasteiger charge is -2.35. The molecule has 0 bridgehead atoms. The van der Waals surface area contributed by atoms with Crippen molar-refractivity contribution in [1.82, 2.24) is 23.5 Å². The van der Waals surface area contributed by atoms with Gasteiger partial charge in [-0.25, -0.2) is 9.97 Å². The first-order valence-corrected chi connectivity index (χ1v) is 14.7. The summed E-state index contributed by atoms with van der Waals surface area (Å²) in [5.41, 5.74) is 5.82. The van der Waals surface area contributed by atoms with E-state index in [0.717, 1.165) is 18.5 Å². The third kappa shape index (κ3) is 4.68. The molecule has 226 valence electrons. The molecule has 1 saturated heterocycles. The quantitative estimate of drug-likeness (QED) is 0.295. The molecule has 1 fully saturated rings. The van der Waals surface area contributed by atoms with Gasteiger partial charge in [-0.2, -0.15) is 0 Å². The van der Waals surface area contributed by atoms with Gasteiger partial charge in [-0.1, -0.05) is 13.8 Å². The number of aromatic nitrogens is 5. The monoisotopic (exact) mass is 593 g/mol. The van der Waals surface area contributed by atoms with Crippen molar-refractivity contribution in [3.63, 3.8) is 0 Å². The van der Waals surface area contributed by atoms with Crippen LogP contribution in [0.5, 0.6) is 0 Å². The van der Waals surface area contributed by atoms with Crippen LogP contribution in [-0.2, 0) is 31.2 Å². The highest BCUT2D eigenvalue weighted by Gasteiger charge is 2.32. The van der Waals surface area contributed by atoms with Crippen LogP contribution >= 0.6 is 0 Å². The Kier molecular flexibility index (Phi) is 6.67. The van der Waals surface area contributed by atoms with Crippen LogP contribution in [0.4, 0.5) is 17.2 Å². The summed E-state index contributed by atoms with van der Waals surface area (Å²) in [6, 6.07) is 9.62. The van der Waals surface area contributed by atoms with E-state index < -0.39 is 0 Å². The lowest BCUT2D eigenvalue weighted by atomic mass is 9.90. The minimum Gasteiger partial charge on any atom is -0.392 e. The molecule has 0 unspecified atom stereocenters. The van der Waals surface area contributed by atoms with Gasteiger partial charge in [-0.3, -0.25) is 14.2 Å². The smallest absolute Gasteiger partial charge is 0.280 e. The van der Waals surface area contributed by atoms with Gasteiger partial charge in [0, 0.05) is 55.7 Å². The van der Waals surface area contributed by atoms with Gasteiger partial charge in [0.25, 0.3) is 11.1 Å². The molecule has 0 spiro atoms. The second-order valence-corrected chi connectivity index (χ2v) is 12.6. The first kappa shape index (κ1) is 28.1. The van der Waals surface area contributed by atoms with E-state index in [1.165, 1.54) is 20.4 Å². The molecule has 11 nitrogen and oxygen atoms in total. The summed E-state index contributed by atoms with van der Waals surface area (Å²) in [6.07, 6.45) is 10.5. The van der Waals surface area contributed by atoms with Crippen LogP contribution in [0.3, 0.4) is 0 Å². The third-order valence-electron chi connectivity index (χ3n) is 8.85. The Labute approximate surface area is 254 Å². The molecule has 5 aromatic heterocycles. The topological polar surface area (TPSA) is 119 Å². The van der Waals surface area contributed by atoms with E-state index >= 15 is 0 Å². The fraction of sp³-hybridized carbons (Fsp3) is 0.333. The van der Waals surface area contributed by atoms with Crippen LogP contribution in [0, 0.1) is 5.41 Å². The Morgan fingerprint density at radius 3 is 2.61 bits per heavy atom. The van der Waals surface area contributed by atoms with Crippen LogP contribution in [-0.4, -0.2) is 54.9 Å². The Balaban J connectivity index is 1.24. The van der Waals surface area contributed by atoms with Gasteiger partial charge in [0.15, 0.2) is 0 Å². The molecular weight excluding hydrogens is 558 g/mol. The zero-order valence-electron chi connectivity index (χ0n) is 25.2. The molecule has 5 aromatic rings. The Hall–Kier alpha value is -4.74. The third-order valence-corrected chi connectivity index (χ3v) is 8.85. The van der Waals surface area contributed by atoms with Crippen molar-refractivity contribution < 1.29 is 9.84 Å². The van der Waals surface area contributed by atoms with Crippen LogP contribution < -0.4 is 21.3 Å². The number of rotatable bonds is 7. The number of pyridine rings is 3. The van der Waals surface area contributed by atoms with E-state index in [1.807, 2.05) is 35.8 Å². The second kappa shape index (κ2) is 10.5. The number of hydrogen-bond acceptors (Lipinski definition) is 8. The van der Waals surface area contributed by atoms with E-state index in [1.54, 1.807) is 44.0 Å². The second-order valence-electron chi connectivity index (χ2n) is 12.6. The SMILES string of the molecule is CN(c1ccc(Nc2cc(-c3ccnc(-n4ccn5c6c(cc5c4=O)CC(C)(C)C6)c3CO)cn(C)c2=O)nc1)C1COC1. The van der Waals surface area contributed by atoms with Crippen molar-refractivity contribution in [2.75, 3.05) is 30.5 Å². The first-order chi connectivity index (χ1) is 21.1. The van der Waals surface area contributed by atoms with Gasteiger partial charge >= 0.3 is 0 Å². The van der Waals surface area contributed by atoms with Crippen LogP contribution in [0.2, 0.25) is 0 Å². The standard InChI is InChI=1S/C33H35N7O4/c1-33(2)13-20-12-27-32(43)40(10-9-39(27)28(20)14-33)30-25(17-41)24(7-8-34-30)21-11-26(31(42)37(3)16-21)36-29-6-5-22(15-35-29)38(4)23-18-44-19-23/h5-12,15-16,23,41H,13-14,17-19H2,1-4H3,(H,35,36). The number of nitrogens with zero attached hydrogens (tertiary/aromatic N) is 6. The minimum absolute atomic E-state index is 0.172. The molecule has 2 N–H and O–H groups in total. The number of hydrogen-bond donors (Lipinski definition) is 2. The summed E-state index contributed by atoms with van der Waals surface area (Å²) in [5, 5.41) is 13.7. The molecule has 1 aliphatic heterocycles. The molecule has 7 rings (SSSR count). The molecule has 0 amide bonds. The number of nitrogens with one attached hydrogen (secondary N) is 1. The van der Waals surface area contributed by atoms with Gasteiger partial charge < -0.3 is 29.0 Å². The van der Waals surface area contributed by atoms with Crippen molar-refractivity contribution in [3.05, 3.63) is 98.8 Å². The Bertz CT molecular complexity index is 2020. The highest BCUT2D eigenvalue weighted by Crippen LogP contribution is 2.37. The first-order valence-electron chi connectivity index (χ1n) is 14.7.